The minimum Gasteiger partial charge on any atom is -0.368 e. The molecule has 0 unspecified atom stereocenters. The molecule has 0 fully saturated rings. The van der Waals surface area contributed by atoms with E-state index in [2.05, 4.69) is 36.5 Å². The van der Waals surface area contributed by atoms with E-state index >= 15 is 0 Å². The van der Waals surface area contributed by atoms with Crippen LogP contribution in [0.25, 0.3) is 10.9 Å². The fourth-order valence-electron chi connectivity index (χ4n) is 5.75. The normalized spacial score (nSPS) is 13.2. The first kappa shape index (κ1) is 39.3. The first-order valence-electron chi connectivity index (χ1n) is 16.7. The Balaban J connectivity index is 1.51. The molecule has 2 aromatic carbocycles. The van der Waals surface area contributed by atoms with Crippen LogP contribution in [0.4, 0.5) is 0 Å². The number of carbonyl (C=O) groups excluding carboxylic acids is 3. The van der Waals surface area contributed by atoms with E-state index in [1.165, 1.54) is 16.7 Å². The quantitative estimate of drug-likeness (QED) is 0.0732. The van der Waals surface area contributed by atoms with Gasteiger partial charge in [0.25, 0.3) is 0 Å². The number of hydrogen-bond donors (Lipinski definition) is 6. The Morgan fingerprint density at radius 1 is 1.00 bits per heavy atom. The molecular formula is C36H46BrClN8O3S. The number of H-pyrrole nitrogens is 1. The van der Waals surface area contributed by atoms with Crippen molar-refractivity contribution in [2.24, 2.45) is 17.2 Å². The Morgan fingerprint density at radius 3 is 2.48 bits per heavy atom. The van der Waals surface area contributed by atoms with Crippen molar-refractivity contribution >= 4 is 67.9 Å². The number of likely N-dealkylation sites (N-methyl/N-ethyl adjacent to an activating group) is 1. The summed E-state index contributed by atoms with van der Waals surface area (Å²) >= 11 is 11.6. The van der Waals surface area contributed by atoms with Crippen LogP contribution in [-0.4, -0.2) is 70.9 Å². The van der Waals surface area contributed by atoms with Gasteiger partial charge in [-0.1, -0.05) is 63.6 Å². The molecule has 268 valence electrons. The molecule has 0 bridgehead atoms. The topological polar surface area (TPSA) is 185 Å². The lowest BCUT2D eigenvalue weighted by atomic mass is 10.0. The van der Waals surface area contributed by atoms with Gasteiger partial charge in [0, 0.05) is 52.7 Å². The summed E-state index contributed by atoms with van der Waals surface area (Å²) in [6, 6.07) is 12.8. The zero-order chi connectivity index (χ0) is 36.2. The molecule has 0 radical (unpaired) electrons. The number of nitrogens with one attached hydrogen (secondary N) is 3. The zero-order valence-corrected chi connectivity index (χ0v) is 31.5. The Hall–Kier alpha value is -3.46. The van der Waals surface area contributed by atoms with Crippen LogP contribution >= 0.6 is 39.3 Å². The molecule has 0 spiro atoms. The third-order valence-corrected chi connectivity index (χ3v) is 11.3. The van der Waals surface area contributed by atoms with Crippen LogP contribution in [-0.2, 0) is 27.3 Å². The molecule has 0 saturated heterocycles. The number of rotatable bonds is 19. The number of nitrogens with two attached hydrogens (primary N) is 3. The molecule has 4 rings (SSSR count). The summed E-state index contributed by atoms with van der Waals surface area (Å²) in [6.45, 7) is 3.17. The van der Waals surface area contributed by atoms with Gasteiger partial charge in [-0.05, 0) is 93.1 Å². The van der Waals surface area contributed by atoms with E-state index in [0.29, 0.717) is 56.8 Å². The molecule has 3 atom stereocenters. The van der Waals surface area contributed by atoms with Crippen LogP contribution < -0.4 is 27.8 Å². The number of benzene rings is 2. The largest absolute Gasteiger partial charge is 0.368 e. The molecule has 0 aliphatic rings. The molecule has 9 N–H and O–H groups in total. The SMILES string of the molecule is Cc1c(Br)ccc(Cl)c1Sc1ncccc1CN[C@@H](CCCN)C(=O)N[C@@H](CCCCN)C(=O)N(C)[C@@H](Cc1c[nH]c2ccccc12)C(N)=O. The number of aromatic nitrogens is 2. The summed E-state index contributed by atoms with van der Waals surface area (Å²) in [5, 5.41) is 8.69. The van der Waals surface area contributed by atoms with E-state index in [-0.39, 0.29) is 12.3 Å². The maximum absolute atomic E-state index is 14.0. The fraction of sp³-hybridized carbons (Fsp3) is 0.389. The highest BCUT2D eigenvalue weighted by Crippen LogP contribution is 2.39. The Kier molecular flexibility index (Phi) is 15.1. The van der Waals surface area contributed by atoms with Crippen molar-refractivity contribution in [1.82, 2.24) is 25.5 Å². The second-order valence-electron chi connectivity index (χ2n) is 12.2. The molecule has 11 nitrogen and oxygen atoms in total. The predicted molar refractivity (Wildman–Crippen MR) is 204 cm³/mol. The monoisotopic (exact) mass is 784 g/mol. The standard InChI is InChI=1S/C36H46BrClN8O3S/c1-22-26(37)14-15-27(38)32(22)50-35-23(9-8-18-42-35)20-44-29(13-7-17-40)34(48)45-30(12-5-6-16-39)36(49)46(2)31(33(41)47)19-24-21-43-28-11-4-3-10-25(24)28/h3-4,8-11,14-15,18,21,29-31,43-44H,5-7,12-13,16-17,19-20,39-40H2,1-2H3,(H2,41,47)(H,45,48)/t29-,30-,31-/m0/s1. The highest BCUT2D eigenvalue weighted by molar-refractivity contribution is 9.10. The van der Waals surface area contributed by atoms with Crippen molar-refractivity contribution in [3.63, 3.8) is 0 Å². The van der Waals surface area contributed by atoms with Gasteiger partial charge in [-0.15, -0.1) is 0 Å². The van der Waals surface area contributed by atoms with Gasteiger partial charge in [0.2, 0.25) is 17.7 Å². The molecule has 14 heteroatoms. The highest BCUT2D eigenvalue weighted by atomic mass is 79.9. The summed E-state index contributed by atoms with van der Waals surface area (Å²) in [4.78, 5) is 50.7. The first-order chi connectivity index (χ1) is 24.0. The number of pyridine rings is 1. The summed E-state index contributed by atoms with van der Waals surface area (Å²) in [7, 11) is 1.56. The van der Waals surface area contributed by atoms with Crippen molar-refractivity contribution in [2.75, 3.05) is 20.1 Å². The van der Waals surface area contributed by atoms with Crippen LogP contribution in [0.1, 0.15) is 48.8 Å². The molecular weight excluding hydrogens is 740 g/mol. The van der Waals surface area contributed by atoms with Gasteiger partial charge in [-0.3, -0.25) is 14.4 Å². The second-order valence-corrected chi connectivity index (χ2v) is 14.5. The smallest absolute Gasteiger partial charge is 0.245 e. The maximum Gasteiger partial charge on any atom is 0.245 e. The molecule has 2 heterocycles. The Morgan fingerprint density at radius 2 is 1.74 bits per heavy atom. The van der Waals surface area contributed by atoms with Crippen molar-refractivity contribution in [2.45, 2.75) is 80.0 Å². The van der Waals surface area contributed by atoms with Crippen LogP contribution in [0.5, 0.6) is 0 Å². The van der Waals surface area contributed by atoms with Crippen LogP contribution in [0.3, 0.4) is 0 Å². The lowest BCUT2D eigenvalue weighted by Crippen LogP contribution is -2.56. The number of carbonyl (C=O) groups is 3. The molecule has 0 aliphatic carbocycles. The summed E-state index contributed by atoms with van der Waals surface area (Å²) < 4.78 is 0.944. The summed E-state index contributed by atoms with van der Waals surface area (Å²) in [5.41, 5.74) is 21.1. The van der Waals surface area contributed by atoms with E-state index in [1.54, 1.807) is 13.2 Å². The number of halogens is 2. The Labute approximate surface area is 311 Å². The van der Waals surface area contributed by atoms with E-state index in [0.717, 1.165) is 42.0 Å². The highest BCUT2D eigenvalue weighted by Gasteiger charge is 2.33. The van der Waals surface area contributed by atoms with Crippen molar-refractivity contribution in [1.29, 1.82) is 0 Å². The minimum absolute atomic E-state index is 0.224. The average molecular weight is 786 g/mol. The molecule has 0 aliphatic heterocycles. The second kappa shape index (κ2) is 19.2. The van der Waals surface area contributed by atoms with Gasteiger partial charge < -0.3 is 37.7 Å². The summed E-state index contributed by atoms with van der Waals surface area (Å²) in [5.74, 6) is -1.37. The number of fused-ring (bicyclic) bond motifs is 1. The van der Waals surface area contributed by atoms with Crippen LogP contribution in [0.2, 0.25) is 5.02 Å². The Bertz CT molecular complexity index is 1770. The number of nitrogens with zero attached hydrogens (tertiary/aromatic N) is 2. The molecule has 2 aromatic heterocycles. The number of hydrogen-bond acceptors (Lipinski definition) is 8. The zero-order valence-electron chi connectivity index (χ0n) is 28.4. The van der Waals surface area contributed by atoms with E-state index in [9.17, 15) is 14.4 Å². The fourth-order valence-corrected chi connectivity index (χ4v) is 7.54. The first-order valence-corrected chi connectivity index (χ1v) is 18.7. The third-order valence-electron chi connectivity index (χ3n) is 8.69. The number of aromatic amines is 1. The van der Waals surface area contributed by atoms with Crippen molar-refractivity contribution in [3.05, 3.63) is 87.1 Å². The lowest BCUT2D eigenvalue weighted by molar-refractivity contribution is -0.141. The molecule has 3 amide bonds. The van der Waals surface area contributed by atoms with Gasteiger partial charge in [-0.25, -0.2) is 4.98 Å². The van der Waals surface area contributed by atoms with E-state index in [1.807, 2.05) is 61.7 Å². The molecule has 0 saturated carbocycles. The van der Waals surface area contributed by atoms with Gasteiger partial charge in [0.05, 0.1) is 11.1 Å². The lowest BCUT2D eigenvalue weighted by Gasteiger charge is -2.31. The molecule has 50 heavy (non-hydrogen) atoms. The van der Waals surface area contributed by atoms with Crippen LogP contribution in [0.15, 0.2) is 75.3 Å². The van der Waals surface area contributed by atoms with Gasteiger partial charge in [0.1, 0.15) is 17.1 Å². The van der Waals surface area contributed by atoms with E-state index < -0.39 is 29.9 Å². The number of unbranched alkanes of at least 4 members (excludes halogenated alkanes) is 1. The van der Waals surface area contributed by atoms with Crippen molar-refractivity contribution < 1.29 is 14.4 Å². The number of primary amides is 1. The van der Waals surface area contributed by atoms with Gasteiger partial charge >= 0.3 is 0 Å². The van der Waals surface area contributed by atoms with E-state index in [4.69, 9.17) is 28.8 Å². The predicted octanol–water partition coefficient (Wildman–Crippen LogP) is 4.80. The molecule has 4 aromatic rings. The minimum atomic E-state index is -0.925. The van der Waals surface area contributed by atoms with Crippen LogP contribution in [0, 0.1) is 6.92 Å². The van der Waals surface area contributed by atoms with Crippen molar-refractivity contribution in [3.8, 4) is 0 Å². The maximum atomic E-state index is 14.0. The third kappa shape index (κ3) is 10.3. The number of amides is 3. The number of para-hydroxylation sites is 1. The van der Waals surface area contributed by atoms with Gasteiger partial charge in [0.15, 0.2) is 0 Å². The average Bonchev–Trinajstić information content (AvgIpc) is 3.52. The summed E-state index contributed by atoms with van der Waals surface area (Å²) in [6.07, 6.45) is 6.45. The van der Waals surface area contributed by atoms with Gasteiger partial charge in [-0.2, -0.15) is 0 Å².